The summed E-state index contributed by atoms with van der Waals surface area (Å²) in [5.74, 6) is -0.821. The zero-order valence-electron chi connectivity index (χ0n) is 11.6. The fraction of sp³-hybridized carbons (Fsp3) is 0.357. The van der Waals surface area contributed by atoms with Crippen molar-refractivity contribution in [2.24, 2.45) is 0 Å². The molecule has 0 aliphatic carbocycles. The van der Waals surface area contributed by atoms with Crippen LogP contribution in [0.5, 0.6) is 0 Å². The van der Waals surface area contributed by atoms with E-state index in [1.54, 1.807) is 24.5 Å². The van der Waals surface area contributed by atoms with Crippen molar-refractivity contribution in [3.8, 4) is 0 Å². The van der Waals surface area contributed by atoms with E-state index in [1.807, 2.05) is 5.38 Å². The third-order valence-electron chi connectivity index (χ3n) is 2.75. The fourth-order valence-corrected chi connectivity index (χ4v) is 2.49. The third kappa shape index (κ3) is 3.14. The van der Waals surface area contributed by atoms with Gasteiger partial charge in [-0.1, -0.05) is 13.8 Å². The molecule has 0 bridgehead atoms. The summed E-state index contributed by atoms with van der Waals surface area (Å²) in [5.41, 5.74) is 0.793. The zero-order chi connectivity index (χ0) is 14.7. The SMILES string of the molecule is CC(C)c1nc(CN(C)C(=O)C(=O)c2ccco2)cs1. The van der Waals surface area contributed by atoms with Gasteiger partial charge in [-0.25, -0.2) is 4.98 Å². The lowest BCUT2D eigenvalue weighted by molar-refractivity contribution is -0.125. The number of hydrogen-bond donors (Lipinski definition) is 0. The minimum Gasteiger partial charge on any atom is -0.461 e. The van der Waals surface area contributed by atoms with Crippen LogP contribution in [0.3, 0.4) is 0 Å². The number of nitrogens with zero attached hydrogens (tertiary/aromatic N) is 2. The molecular weight excluding hydrogens is 276 g/mol. The Bertz CT molecular complexity index is 602. The molecule has 106 valence electrons. The van der Waals surface area contributed by atoms with Gasteiger partial charge in [0.1, 0.15) is 0 Å². The highest BCUT2D eigenvalue weighted by Crippen LogP contribution is 2.20. The first kappa shape index (κ1) is 14.5. The lowest BCUT2D eigenvalue weighted by atomic mass is 10.2. The van der Waals surface area contributed by atoms with Gasteiger partial charge in [-0.3, -0.25) is 9.59 Å². The van der Waals surface area contributed by atoms with Crippen molar-refractivity contribution in [1.29, 1.82) is 0 Å². The van der Waals surface area contributed by atoms with Gasteiger partial charge in [0.25, 0.3) is 11.7 Å². The summed E-state index contributed by atoms with van der Waals surface area (Å²) in [6.07, 6.45) is 1.37. The Labute approximate surface area is 121 Å². The largest absolute Gasteiger partial charge is 0.461 e. The fourth-order valence-electron chi connectivity index (χ4n) is 1.66. The molecule has 0 spiro atoms. The number of carbonyl (C=O) groups excluding carboxylic acids is 2. The summed E-state index contributed by atoms with van der Waals surface area (Å²) in [4.78, 5) is 29.6. The number of amides is 1. The van der Waals surface area contributed by atoms with Crippen molar-refractivity contribution in [1.82, 2.24) is 9.88 Å². The van der Waals surface area contributed by atoms with E-state index in [-0.39, 0.29) is 5.76 Å². The van der Waals surface area contributed by atoms with Crippen molar-refractivity contribution in [3.05, 3.63) is 40.2 Å². The smallest absolute Gasteiger partial charge is 0.298 e. The van der Waals surface area contributed by atoms with Gasteiger partial charge in [-0.2, -0.15) is 0 Å². The van der Waals surface area contributed by atoms with Crippen molar-refractivity contribution < 1.29 is 14.0 Å². The topological polar surface area (TPSA) is 63.4 Å². The van der Waals surface area contributed by atoms with Crippen LogP contribution in [-0.2, 0) is 11.3 Å². The molecule has 0 unspecified atom stereocenters. The van der Waals surface area contributed by atoms with Crippen LogP contribution in [0.2, 0.25) is 0 Å². The number of Topliss-reactive ketones (excluding diaryl/α,β-unsaturated/α-hetero) is 1. The Hall–Kier alpha value is -1.95. The van der Waals surface area contributed by atoms with Gasteiger partial charge in [0.2, 0.25) is 0 Å². The molecule has 0 N–H and O–H groups in total. The Morgan fingerprint density at radius 2 is 2.20 bits per heavy atom. The quantitative estimate of drug-likeness (QED) is 0.628. The van der Waals surface area contributed by atoms with Crippen molar-refractivity contribution in [3.63, 3.8) is 0 Å². The van der Waals surface area contributed by atoms with Crippen molar-refractivity contribution >= 4 is 23.0 Å². The Morgan fingerprint density at radius 3 is 2.75 bits per heavy atom. The summed E-state index contributed by atoms with van der Waals surface area (Å²) in [6, 6.07) is 3.06. The van der Waals surface area contributed by atoms with Crippen molar-refractivity contribution in [2.45, 2.75) is 26.3 Å². The normalized spacial score (nSPS) is 10.8. The van der Waals surface area contributed by atoms with Crippen LogP contribution < -0.4 is 0 Å². The number of thiazole rings is 1. The van der Waals surface area contributed by atoms with Gasteiger partial charge in [-0.15, -0.1) is 11.3 Å². The van der Waals surface area contributed by atoms with Crippen molar-refractivity contribution in [2.75, 3.05) is 7.05 Å². The van der Waals surface area contributed by atoms with Gasteiger partial charge in [-0.05, 0) is 12.1 Å². The highest BCUT2D eigenvalue weighted by Gasteiger charge is 2.23. The molecule has 0 fully saturated rings. The van der Waals surface area contributed by atoms with Gasteiger partial charge in [0, 0.05) is 18.3 Å². The van der Waals surface area contributed by atoms with E-state index in [0.717, 1.165) is 10.7 Å². The van der Waals surface area contributed by atoms with Crippen LogP contribution in [0, 0.1) is 0 Å². The second kappa shape index (κ2) is 6.00. The van der Waals surface area contributed by atoms with Gasteiger partial charge in [0.15, 0.2) is 5.76 Å². The van der Waals surface area contributed by atoms with Gasteiger partial charge in [0.05, 0.1) is 23.5 Å². The van der Waals surface area contributed by atoms with Crippen LogP contribution in [0.1, 0.15) is 41.0 Å². The highest BCUT2D eigenvalue weighted by molar-refractivity contribution is 7.09. The average molecular weight is 292 g/mol. The lowest BCUT2D eigenvalue weighted by Crippen LogP contribution is -2.32. The second-order valence-electron chi connectivity index (χ2n) is 4.80. The average Bonchev–Trinajstić information content (AvgIpc) is 3.07. The van der Waals surface area contributed by atoms with Crippen LogP contribution in [0.15, 0.2) is 28.2 Å². The van der Waals surface area contributed by atoms with E-state index in [2.05, 4.69) is 18.8 Å². The minimum atomic E-state index is -0.642. The van der Waals surface area contributed by atoms with E-state index in [4.69, 9.17) is 4.42 Å². The number of ketones is 1. The zero-order valence-corrected chi connectivity index (χ0v) is 12.4. The van der Waals surface area contributed by atoms with Crippen LogP contribution in [0.25, 0.3) is 0 Å². The predicted molar refractivity (Wildman–Crippen MR) is 75.7 cm³/mol. The summed E-state index contributed by atoms with van der Waals surface area (Å²) in [7, 11) is 1.58. The first-order chi connectivity index (χ1) is 9.49. The lowest BCUT2D eigenvalue weighted by Gasteiger charge is -2.13. The molecule has 0 saturated heterocycles. The Balaban J connectivity index is 2.02. The van der Waals surface area contributed by atoms with E-state index in [9.17, 15) is 9.59 Å². The maximum absolute atomic E-state index is 12.0. The second-order valence-corrected chi connectivity index (χ2v) is 5.69. The molecule has 1 amide bonds. The van der Waals surface area contributed by atoms with Gasteiger partial charge < -0.3 is 9.32 Å². The maximum atomic E-state index is 12.0. The van der Waals surface area contributed by atoms with Crippen LogP contribution >= 0.6 is 11.3 Å². The molecule has 2 heterocycles. The number of rotatable bonds is 5. The van der Waals surface area contributed by atoms with Gasteiger partial charge >= 0.3 is 0 Å². The minimum absolute atomic E-state index is 0.0583. The first-order valence-electron chi connectivity index (χ1n) is 6.26. The molecule has 0 aliphatic heterocycles. The van der Waals surface area contributed by atoms with E-state index in [1.165, 1.54) is 17.2 Å². The third-order valence-corrected chi connectivity index (χ3v) is 3.94. The number of carbonyl (C=O) groups is 2. The molecule has 20 heavy (non-hydrogen) atoms. The van der Waals surface area contributed by atoms with E-state index in [0.29, 0.717) is 12.5 Å². The molecular formula is C14H16N2O3S. The first-order valence-corrected chi connectivity index (χ1v) is 7.14. The molecule has 0 aliphatic rings. The van der Waals surface area contributed by atoms with Crippen LogP contribution in [0.4, 0.5) is 0 Å². The van der Waals surface area contributed by atoms with Crippen LogP contribution in [-0.4, -0.2) is 28.6 Å². The Morgan fingerprint density at radius 1 is 1.45 bits per heavy atom. The molecule has 5 nitrogen and oxygen atoms in total. The summed E-state index contributed by atoms with van der Waals surface area (Å²) in [6.45, 7) is 4.45. The molecule has 0 aromatic carbocycles. The molecule has 0 saturated carbocycles. The molecule has 0 radical (unpaired) electrons. The summed E-state index contributed by atoms with van der Waals surface area (Å²) < 4.78 is 4.94. The molecule has 6 heteroatoms. The summed E-state index contributed by atoms with van der Waals surface area (Å²) in [5, 5.41) is 2.94. The molecule has 2 aromatic heterocycles. The standard InChI is InChI=1S/C14H16N2O3S/c1-9(2)13-15-10(8-20-13)7-16(3)14(18)12(17)11-5-4-6-19-11/h4-6,8-9H,7H2,1-3H3. The molecule has 2 aromatic rings. The van der Waals surface area contributed by atoms with E-state index >= 15 is 0 Å². The highest BCUT2D eigenvalue weighted by atomic mass is 32.1. The number of likely N-dealkylation sites (N-methyl/N-ethyl adjacent to an activating group) is 1. The Kier molecular flexibility index (Phi) is 4.34. The molecule has 0 atom stereocenters. The van der Waals surface area contributed by atoms with E-state index < -0.39 is 11.7 Å². The number of hydrogen-bond acceptors (Lipinski definition) is 5. The monoisotopic (exact) mass is 292 g/mol. The summed E-state index contributed by atoms with van der Waals surface area (Å²) >= 11 is 1.56. The predicted octanol–water partition coefficient (Wildman–Crippen LogP) is 2.70. The molecule has 2 rings (SSSR count). The number of furan rings is 1. The number of aromatic nitrogens is 1. The maximum Gasteiger partial charge on any atom is 0.298 e.